The maximum Gasteiger partial charge on any atom is 0.251 e. The third-order valence-corrected chi connectivity index (χ3v) is 6.81. The largest absolute Gasteiger partial charge is 0.367 e. The molecule has 1 saturated carbocycles. The summed E-state index contributed by atoms with van der Waals surface area (Å²) < 4.78 is 2.08. The minimum absolute atomic E-state index is 0.118. The van der Waals surface area contributed by atoms with Crippen molar-refractivity contribution in [3.05, 3.63) is 89.1 Å². The number of aryl methyl sites for hydroxylation is 1. The van der Waals surface area contributed by atoms with E-state index in [1.54, 1.807) is 0 Å². The Balaban J connectivity index is 1.44. The second-order valence-electron chi connectivity index (χ2n) is 9.51. The minimum Gasteiger partial charge on any atom is -0.367 e. The fourth-order valence-corrected chi connectivity index (χ4v) is 4.91. The number of carbonyl (C=O) groups is 1. The lowest BCUT2D eigenvalue weighted by Crippen LogP contribution is -2.24. The number of benzene rings is 2. The smallest absolute Gasteiger partial charge is 0.251 e. The van der Waals surface area contributed by atoms with Crippen LogP contribution >= 0.6 is 0 Å². The molecule has 1 fully saturated rings. The number of nitrogens with one attached hydrogen (secondary N) is 2. The predicted molar refractivity (Wildman–Crippen MR) is 141 cm³/mol. The van der Waals surface area contributed by atoms with Crippen LogP contribution in [0, 0.1) is 6.92 Å². The molecule has 0 spiro atoms. The topological polar surface area (TPSA) is 84.5 Å². The Hall–Kier alpha value is -3.64. The van der Waals surface area contributed by atoms with Gasteiger partial charge in [-0.3, -0.25) is 9.20 Å². The molecule has 0 atom stereocenters. The Labute approximate surface area is 206 Å². The zero-order valence-corrected chi connectivity index (χ0v) is 20.3. The van der Waals surface area contributed by atoms with Gasteiger partial charge in [0.2, 0.25) is 0 Å². The number of amides is 1. The summed E-state index contributed by atoms with van der Waals surface area (Å²) in [5.74, 6) is 0.885. The van der Waals surface area contributed by atoms with Gasteiger partial charge in [-0.05, 0) is 49.1 Å². The van der Waals surface area contributed by atoms with Crippen LogP contribution in [0.15, 0.2) is 66.9 Å². The molecule has 4 N–H and O–H groups in total. The van der Waals surface area contributed by atoms with Crippen LogP contribution in [0.4, 0.5) is 5.82 Å². The Morgan fingerprint density at radius 2 is 1.83 bits per heavy atom. The molecule has 0 aliphatic heterocycles. The molecule has 6 heteroatoms. The standard InChI is InChI=1S/C29H33N5O/c1-20-7-5-10-23(15-20)27-28(32-25-11-3-2-4-12-25)34-14-13-24(17-26(34)33-27)29(35)31-19-22-9-6-8-21(16-22)18-30/h5-10,13-17,25,32H,2-4,11-12,18-19,30H2,1H3,(H,31,35). The first-order valence-electron chi connectivity index (χ1n) is 12.5. The van der Waals surface area contributed by atoms with Crippen molar-refractivity contribution >= 4 is 17.4 Å². The van der Waals surface area contributed by atoms with Crippen LogP contribution in [-0.2, 0) is 13.1 Å². The molecule has 1 amide bonds. The van der Waals surface area contributed by atoms with Gasteiger partial charge in [-0.25, -0.2) is 4.98 Å². The highest BCUT2D eigenvalue weighted by molar-refractivity contribution is 5.95. The highest BCUT2D eigenvalue weighted by Gasteiger charge is 2.20. The Kier molecular flexibility index (Phi) is 6.82. The van der Waals surface area contributed by atoms with Gasteiger partial charge in [0.05, 0.1) is 0 Å². The minimum atomic E-state index is -0.118. The van der Waals surface area contributed by atoms with Crippen LogP contribution < -0.4 is 16.4 Å². The van der Waals surface area contributed by atoms with E-state index >= 15 is 0 Å². The summed E-state index contributed by atoms with van der Waals surface area (Å²) in [7, 11) is 0. The summed E-state index contributed by atoms with van der Waals surface area (Å²) in [5, 5.41) is 6.81. The normalized spacial score (nSPS) is 14.2. The van der Waals surface area contributed by atoms with Crippen LogP contribution in [0.1, 0.15) is 59.2 Å². The summed E-state index contributed by atoms with van der Waals surface area (Å²) in [6.07, 6.45) is 8.12. The Morgan fingerprint density at radius 3 is 2.63 bits per heavy atom. The van der Waals surface area contributed by atoms with E-state index in [0.717, 1.165) is 33.8 Å². The lowest BCUT2D eigenvalue weighted by atomic mass is 9.95. The Morgan fingerprint density at radius 1 is 1.03 bits per heavy atom. The van der Waals surface area contributed by atoms with Crippen LogP contribution in [0.2, 0.25) is 0 Å². The molecular weight excluding hydrogens is 434 g/mol. The molecular formula is C29H33N5O. The molecule has 4 aromatic rings. The first kappa shape index (κ1) is 23.1. The number of hydrogen-bond acceptors (Lipinski definition) is 4. The van der Waals surface area contributed by atoms with Gasteiger partial charge in [0, 0.05) is 36.5 Å². The van der Waals surface area contributed by atoms with Crippen LogP contribution in [-0.4, -0.2) is 21.3 Å². The summed E-state index contributed by atoms with van der Waals surface area (Å²) in [6, 6.07) is 20.6. The Bertz CT molecular complexity index is 1340. The van der Waals surface area contributed by atoms with Gasteiger partial charge < -0.3 is 16.4 Å². The van der Waals surface area contributed by atoms with Gasteiger partial charge >= 0.3 is 0 Å². The molecule has 35 heavy (non-hydrogen) atoms. The molecule has 1 aliphatic rings. The monoisotopic (exact) mass is 467 g/mol. The molecule has 0 bridgehead atoms. The lowest BCUT2D eigenvalue weighted by molar-refractivity contribution is 0.0951. The number of pyridine rings is 1. The van der Waals surface area contributed by atoms with E-state index in [-0.39, 0.29) is 5.91 Å². The van der Waals surface area contributed by atoms with Crippen molar-refractivity contribution in [1.29, 1.82) is 0 Å². The van der Waals surface area contributed by atoms with Crippen molar-refractivity contribution < 1.29 is 4.79 Å². The van der Waals surface area contributed by atoms with E-state index in [2.05, 4.69) is 46.2 Å². The summed E-state index contributed by atoms with van der Waals surface area (Å²) in [4.78, 5) is 17.9. The highest BCUT2D eigenvalue weighted by Crippen LogP contribution is 2.32. The van der Waals surface area contributed by atoms with E-state index in [4.69, 9.17) is 10.7 Å². The number of aromatic nitrogens is 2. The SMILES string of the molecule is Cc1cccc(-c2nc3cc(C(=O)NCc4cccc(CN)c4)ccn3c2NC2CCCCC2)c1. The lowest BCUT2D eigenvalue weighted by Gasteiger charge is -2.24. The zero-order chi connectivity index (χ0) is 24.2. The fourth-order valence-electron chi connectivity index (χ4n) is 4.91. The average molecular weight is 468 g/mol. The van der Waals surface area contributed by atoms with Crippen molar-refractivity contribution in [3.63, 3.8) is 0 Å². The molecule has 180 valence electrons. The molecule has 1 aliphatic carbocycles. The third kappa shape index (κ3) is 5.23. The number of carbonyl (C=O) groups excluding carboxylic acids is 1. The first-order valence-corrected chi connectivity index (χ1v) is 12.5. The maximum atomic E-state index is 13.0. The first-order chi connectivity index (χ1) is 17.1. The van der Waals surface area contributed by atoms with Gasteiger partial charge in [-0.1, -0.05) is 67.3 Å². The van der Waals surface area contributed by atoms with Crippen molar-refractivity contribution in [2.45, 2.75) is 58.2 Å². The highest BCUT2D eigenvalue weighted by atomic mass is 16.1. The van der Waals surface area contributed by atoms with Gasteiger partial charge in [0.25, 0.3) is 5.91 Å². The van der Waals surface area contributed by atoms with Crippen LogP contribution in [0.25, 0.3) is 16.9 Å². The molecule has 6 nitrogen and oxygen atoms in total. The summed E-state index contributed by atoms with van der Waals surface area (Å²) in [5.41, 5.74) is 12.4. The second kappa shape index (κ2) is 10.3. The van der Waals surface area contributed by atoms with E-state index < -0.39 is 0 Å². The van der Waals surface area contributed by atoms with E-state index in [1.807, 2.05) is 42.6 Å². The molecule has 5 rings (SSSR count). The second-order valence-corrected chi connectivity index (χ2v) is 9.51. The van der Waals surface area contributed by atoms with Gasteiger partial charge in [-0.15, -0.1) is 0 Å². The van der Waals surface area contributed by atoms with E-state index in [0.29, 0.717) is 24.7 Å². The quantitative estimate of drug-likeness (QED) is 0.338. The maximum absolute atomic E-state index is 13.0. The van der Waals surface area contributed by atoms with Gasteiger partial charge in [-0.2, -0.15) is 0 Å². The van der Waals surface area contributed by atoms with E-state index in [9.17, 15) is 4.79 Å². The molecule has 0 saturated heterocycles. The van der Waals surface area contributed by atoms with Gasteiger partial charge in [0.15, 0.2) is 0 Å². The van der Waals surface area contributed by atoms with Crippen molar-refractivity contribution in [2.75, 3.05) is 5.32 Å². The summed E-state index contributed by atoms with van der Waals surface area (Å²) in [6.45, 7) is 3.04. The molecule has 0 unspecified atom stereocenters. The summed E-state index contributed by atoms with van der Waals surface area (Å²) >= 11 is 0. The third-order valence-electron chi connectivity index (χ3n) is 6.81. The number of imidazole rings is 1. The van der Waals surface area contributed by atoms with Crippen molar-refractivity contribution in [3.8, 4) is 11.3 Å². The van der Waals surface area contributed by atoms with Crippen LogP contribution in [0.3, 0.4) is 0 Å². The average Bonchev–Trinajstić information content (AvgIpc) is 3.25. The fraction of sp³-hybridized carbons (Fsp3) is 0.310. The van der Waals surface area contributed by atoms with E-state index in [1.165, 1.54) is 37.7 Å². The number of nitrogens with two attached hydrogens (primary N) is 1. The number of fused-ring (bicyclic) bond motifs is 1. The van der Waals surface area contributed by atoms with Crippen molar-refractivity contribution in [1.82, 2.24) is 14.7 Å². The predicted octanol–water partition coefficient (Wildman–Crippen LogP) is 5.44. The molecule has 2 aromatic heterocycles. The number of anilines is 1. The number of hydrogen-bond donors (Lipinski definition) is 3. The van der Waals surface area contributed by atoms with Crippen molar-refractivity contribution in [2.24, 2.45) is 5.73 Å². The molecule has 2 heterocycles. The molecule has 0 radical (unpaired) electrons. The number of rotatable bonds is 7. The number of nitrogens with zero attached hydrogens (tertiary/aromatic N) is 2. The van der Waals surface area contributed by atoms with Gasteiger partial charge in [0.1, 0.15) is 17.2 Å². The zero-order valence-electron chi connectivity index (χ0n) is 20.3. The molecule has 2 aromatic carbocycles. The van der Waals surface area contributed by atoms with Crippen LogP contribution in [0.5, 0.6) is 0 Å².